The number of anilines is 1. The smallest absolute Gasteiger partial charge is 0.259 e. The van der Waals surface area contributed by atoms with Gasteiger partial charge in [0.25, 0.3) is 5.91 Å². The number of amides is 1. The van der Waals surface area contributed by atoms with Crippen LogP contribution in [0.5, 0.6) is 0 Å². The molecule has 0 bridgehead atoms. The van der Waals surface area contributed by atoms with Crippen LogP contribution in [0.2, 0.25) is 0 Å². The third kappa shape index (κ3) is 2.62. The van der Waals surface area contributed by atoms with Gasteiger partial charge in [-0.3, -0.25) is 14.5 Å². The maximum atomic E-state index is 12.7. The molecule has 3 aromatic heterocycles. The molecular weight excluding hydrogens is 320 g/mol. The molecule has 0 aliphatic heterocycles. The lowest BCUT2D eigenvalue weighted by Crippen LogP contribution is -2.12. The highest BCUT2D eigenvalue weighted by atomic mass is 16.3. The fraction of sp³-hybridized carbons (Fsp3) is 0.176. The van der Waals surface area contributed by atoms with E-state index in [0.717, 1.165) is 11.1 Å². The Hall–Kier alpha value is -3.26. The second-order valence-corrected chi connectivity index (χ2v) is 5.84. The monoisotopic (exact) mass is 336 g/mol. The van der Waals surface area contributed by atoms with E-state index in [1.165, 1.54) is 0 Å². The summed E-state index contributed by atoms with van der Waals surface area (Å²) in [6.45, 7) is 1.61. The molecule has 25 heavy (non-hydrogen) atoms. The van der Waals surface area contributed by atoms with Gasteiger partial charge in [0.1, 0.15) is 11.2 Å². The number of benzene rings is 1. The number of fused-ring (bicyclic) bond motifs is 2. The first-order valence-electron chi connectivity index (χ1n) is 7.75. The van der Waals surface area contributed by atoms with E-state index in [0.29, 0.717) is 28.2 Å². The molecule has 0 unspecified atom stereocenters. The summed E-state index contributed by atoms with van der Waals surface area (Å²) in [5.74, 6) is 0.1000. The minimum atomic E-state index is -0.289. The van der Waals surface area contributed by atoms with Gasteiger partial charge in [-0.15, -0.1) is 0 Å². The summed E-state index contributed by atoms with van der Waals surface area (Å²) in [4.78, 5) is 21.3. The van der Waals surface area contributed by atoms with E-state index in [2.05, 4.69) is 20.4 Å². The van der Waals surface area contributed by atoms with Crippen LogP contribution in [0.1, 0.15) is 21.7 Å². The summed E-state index contributed by atoms with van der Waals surface area (Å²) in [5, 5.41) is 17.5. The Morgan fingerprint density at radius 2 is 2.08 bits per heavy atom. The largest absolute Gasteiger partial charge is 0.390 e. The zero-order valence-corrected chi connectivity index (χ0v) is 13.8. The Kier molecular flexibility index (Phi) is 3.47. The zero-order valence-electron chi connectivity index (χ0n) is 13.8. The van der Waals surface area contributed by atoms with Gasteiger partial charge in [-0.2, -0.15) is 5.10 Å². The van der Waals surface area contributed by atoms with Crippen molar-refractivity contribution in [3.05, 3.63) is 53.7 Å². The van der Waals surface area contributed by atoms with E-state index in [4.69, 9.17) is 0 Å². The number of aliphatic hydroxyl groups excluding tert-OH is 1. The van der Waals surface area contributed by atoms with Crippen molar-refractivity contribution in [1.82, 2.24) is 24.1 Å². The summed E-state index contributed by atoms with van der Waals surface area (Å²) in [6, 6.07) is 5.46. The highest BCUT2D eigenvalue weighted by molar-refractivity contribution is 6.11. The van der Waals surface area contributed by atoms with E-state index in [-0.39, 0.29) is 12.5 Å². The molecule has 0 saturated carbocycles. The fourth-order valence-electron chi connectivity index (χ4n) is 2.90. The topological polar surface area (TPSA) is 97.3 Å². The van der Waals surface area contributed by atoms with Gasteiger partial charge >= 0.3 is 0 Å². The summed E-state index contributed by atoms with van der Waals surface area (Å²) < 4.78 is 3.42. The Bertz CT molecular complexity index is 1110. The van der Waals surface area contributed by atoms with Gasteiger partial charge < -0.3 is 14.8 Å². The molecule has 0 aliphatic rings. The van der Waals surface area contributed by atoms with Crippen molar-refractivity contribution in [1.29, 1.82) is 0 Å². The first-order valence-corrected chi connectivity index (χ1v) is 7.75. The number of aromatic nitrogens is 5. The van der Waals surface area contributed by atoms with Gasteiger partial charge in [0.15, 0.2) is 11.5 Å². The molecule has 2 N–H and O–H groups in total. The molecule has 0 atom stereocenters. The third-order valence-corrected chi connectivity index (χ3v) is 3.91. The summed E-state index contributed by atoms with van der Waals surface area (Å²) in [7, 11) is 1.82. The van der Waals surface area contributed by atoms with Crippen LogP contribution in [0.25, 0.3) is 16.6 Å². The highest BCUT2D eigenvalue weighted by Crippen LogP contribution is 2.19. The standard InChI is InChI=1S/C17H16N6O2/c1-10-6-23-8-14(19-16(23)13(9-24)18-10)20-17(25)12-5-3-4-11-7-22(2)21-15(11)12/h3-8,24H,9H2,1-2H3,(H,20,25). The van der Waals surface area contributed by atoms with Crippen LogP contribution in [0.3, 0.4) is 0 Å². The number of carbonyl (C=O) groups excluding carboxylic acids is 1. The van der Waals surface area contributed by atoms with Crippen LogP contribution >= 0.6 is 0 Å². The van der Waals surface area contributed by atoms with Crippen molar-refractivity contribution in [2.45, 2.75) is 13.5 Å². The van der Waals surface area contributed by atoms with Gasteiger partial charge in [-0.05, 0) is 13.0 Å². The quantitative estimate of drug-likeness (QED) is 0.593. The molecule has 8 heteroatoms. The average Bonchev–Trinajstić information content (AvgIpc) is 3.15. The normalized spacial score (nSPS) is 11.3. The maximum Gasteiger partial charge on any atom is 0.259 e. The fourth-order valence-corrected chi connectivity index (χ4v) is 2.90. The van der Waals surface area contributed by atoms with Crippen LogP contribution in [-0.4, -0.2) is 35.2 Å². The number of rotatable bonds is 3. The van der Waals surface area contributed by atoms with Crippen LogP contribution in [0.4, 0.5) is 5.82 Å². The van der Waals surface area contributed by atoms with E-state index in [1.54, 1.807) is 27.5 Å². The highest BCUT2D eigenvalue weighted by Gasteiger charge is 2.15. The van der Waals surface area contributed by atoms with Crippen molar-refractivity contribution < 1.29 is 9.90 Å². The number of hydrogen-bond acceptors (Lipinski definition) is 5. The van der Waals surface area contributed by atoms with Crippen LogP contribution < -0.4 is 5.32 Å². The number of hydrogen-bond donors (Lipinski definition) is 2. The second-order valence-electron chi connectivity index (χ2n) is 5.84. The first kappa shape index (κ1) is 15.3. The molecule has 0 radical (unpaired) electrons. The minimum absolute atomic E-state index is 0.219. The lowest BCUT2D eigenvalue weighted by atomic mass is 10.1. The maximum absolute atomic E-state index is 12.7. The number of aryl methyl sites for hydroxylation is 2. The number of imidazole rings is 1. The van der Waals surface area contributed by atoms with E-state index < -0.39 is 0 Å². The van der Waals surface area contributed by atoms with Crippen molar-refractivity contribution in [3.63, 3.8) is 0 Å². The molecule has 0 fully saturated rings. The lowest BCUT2D eigenvalue weighted by Gasteiger charge is -2.02. The molecule has 8 nitrogen and oxygen atoms in total. The van der Waals surface area contributed by atoms with Crippen LogP contribution in [0.15, 0.2) is 36.8 Å². The Labute approximate surface area is 142 Å². The third-order valence-electron chi connectivity index (χ3n) is 3.91. The molecule has 1 aromatic carbocycles. The SMILES string of the molecule is Cc1cn2cc(NC(=O)c3cccc4cn(C)nc34)nc2c(CO)n1. The predicted octanol–water partition coefficient (Wildman–Crippen LogP) is 1.67. The number of carbonyl (C=O) groups is 1. The van der Waals surface area contributed by atoms with Gasteiger partial charge in [0.05, 0.1) is 24.1 Å². The molecule has 126 valence electrons. The summed E-state index contributed by atoms with van der Waals surface area (Å²) in [5.41, 5.74) is 2.85. The second kappa shape index (κ2) is 5.67. The zero-order chi connectivity index (χ0) is 17.6. The van der Waals surface area contributed by atoms with Crippen molar-refractivity contribution >= 4 is 28.3 Å². The molecule has 4 rings (SSSR count). The van der Waals surface area contributed by atoms with Crippen molar-refractivity contribution in [2.24, 2.45) is 7.05 Å². The van der Waals surface area contributed by atoms with E-state index in [1.807, 2.05) is 32.3 Å². The van der Waals surface area contributed by atoms with E-state index >= 15 is 0 Å². The predicted molar refractivity (Wildman–Crippen MR) is 92.3 cm³/mol. The number of nitrogens with one attached hydrogen (secondary N) is 1. The summed E-state index contributed by atoms with van der Waals surface area (Å²) >= 11 is 0. The molecule has 3 heterocycles. The molecule has 4 aromatic rings. The minimum Gasteiger partial charge on any atom is -0.390 e. The average molecular weight is 336 g/mol. The van der Waals surface area contributed by atoms with E-state index in [9.17, 15) is 9.90 Å². The van der Waals surface area contributed by atoms with Crippen LogP contribution in [-0.2, 0) is 13.7 Å². The lowest BCUT2D eigenvalue weighted by molar-refractivity contribution is 0.102. The van der Waals surface area contributed by atoms with Crippen LogP contribution in [0, 0.1) is 6.92 Å². The van der Waals surface area contributed by atoms with Crippen molar-refractivity contribution in [2.75, 3.05) is 5.32 Å². The van der Waals surface area contributed by atoms with Crippen molar-refractivity contribution in [3.8, 4) is 0 Å². The molecule has 0 spiro atoms. The van der Waals surface area contributed by atoms with Gasteiger partial charge in [-0.1, -0.05) is 12.1 Å². The van der Waals surface area contributed by atoms with Gasteiger partial charge in [0.2, 0.25) is 0 Å². The molecule has 0 aliphatic carbocycles. The molecular formula is C17H16N6O2. The Morgan fingerprint density at radius 1 is 1.24 bits per heavy atom. The Morgan fingerprint density at radius 3 is 2.88 bits per heavy atom. The molecule has 1 amide bonds. The molecule has 0 saturated heterocycles. The van der Waals surface area contributed by atoms with Gasteiger partial charge in [-0.25, -0.2) is 4.98 Å². The summed E-state index contributed by atoms with van der Waals surface area (Å²) in [6.07, 6.45) is 5.34. The number of aliphatic hydroxyl groups is 1. The first-order chi connectivity index (χ1) is 12.0. The van der Waals surface area contributed by atoms with Gasteiger partial charge in [0, 0.05) is 24.8 Å². The Balaban J connectivity index is 1.72. The number of nitrogens with zero attached hydrogens (tertiary/aromatic N) is 5.